The molecule has 0 radical (unpaired) electrons. The average Bonchev–Trinajstić information content (AvgIpc) is 2.73. The highest BCUT2D eigenvalue weighted by atomic mass is 79.9. The van der Waals surface area contributed by atoms with Gasteiger partial charge in [-0.15, -0.1) is 11.3 Å². The Balaban J connectivity index is 2.20. The molecular formula is C11H7Br2NO3S. The Hall–Kier alpha value is -0.920. The normalized spacial score (nSPS) is 10.3. The summed E-state index contributed by atoms with van der Waals surface area (Å²) in [6.45, 7) is 0.305. The van der Waals surface area contributed by atoms with Crippen molar-refractivity contribution in [2.45, 2.75) is 6.61 Å². The van der Waals surface area contributed by atoms with E-state index in [1.165, 1.54) is 17.4 Å². The molecule has 0 saturated heterocycles. The van der Waals surface area contributed by atoms with E-state index in [2.05, 4.69) is 31.9 Å². The van der Waals surface area contributed by atoms with Crippen LogP contribution in [-0.4, -0.2) is 4.92 Å². The number of ether oxygens (including phenoxy) is 1. The maximum absolute atomic E-state index is 10.9. The third-order valence-corrected chi connectivity index (χ3v) is 4.42. The second-order valence-corrected chi connectivity index (χ2v) is 6.13. The summed E-state index contributed by atoms with van der Waals surface area (Å²) in [6, 6.07) is 6.67. The van der Waals surface area contributed by atoms with Crippen molar-refractivity contribution in [3.8, 4) is 5.75 Å². The monoisotopic (exact) mass is 391 g/mol. The van der Waals surface area contributed by atoms with E-state index in [-0.39, 0.29) is 11.4 Å². The Morgan fingerprint density at radius 2 is 2.17 bits per heavy atom. The van der Waals surface area contributed by atoms with E-state index in [9.17, 15) is 10.1 Å². The minimum absolute atomic E-state index is 0.0417. The number of hydrogen-bond acceptors (Lipinski definition) is 4. The largest absolute Gasteiger partial charge is 0.480 e. The molecule has 0 unspecified atom stereocenters. The fourth-order valence-electron chi connectivity index (χ4n) is 1.36. The Labute approximate surface area is 124 Å². The number of para-hydroxylation sites is 1. The van der Waals surface area contributed by atoms with Crippen LogP contribution in [0.15, 0.2) is 38.6 Å². The summed E-state index contributed by atoms with van der Waals surface area (Å²) < 4.78 is 7.09. The lowest BCUT2D eigenvalue weighted by atomic mass is 10.3. The topological polar surface area (TPSA) is 52.4 Å². The lowest BCUT2D eigenvalue weighted by Gasteiger charge is -2.07. The molecule has 0 aliphatic rings. The smallest absolute Gasteiger partial charge is 0.312 e. The van der Waals surface area contributed by atoms with E-state index in [0.717, 1.165) is 9.35 Å². The molecule has 4 nitrogen and oxygen atoms in total. The van der Waals surface area contributed by atoms with Crippen molar-refractivity contribution < 1.29 is 9.66 Å². The third kappa shape index (κ3) is 3.09. The number of benzene rings is 1. The molecule has 1 heterocycles. The number of halogens is 2. The van der Waals surface area contributed by atoms with Crippen molar-refractivity contribution in [1.29, 1.82) is 0 Å². The van der Waals surface area contributed by atoms with Gasteiger partial charge in [-0.25, -0.2) is 0 Å². The Morgan fingerprint density at radius 3 is 2.78 bits per heavy atom. The van der Waals surface area contributed by atoms with Gasteiger partial charge < -0.3 is 4.74 Å². The number of nitro groups is 1. The predicted molar refractivity (Wildman–Crippen MR) is 77.1 cm³/mol. The highest BCUT2D eigenvalue weighted by molar-refractivity contribution is 9.10. The molecule has 18 heavy (non-hydrogen) atoms. The van der Waals surface area contributed by atoms with E-state index in [1.54, 1.807) is 12.1 Å². The summed E-state index contributed by atoms with van der Waals surface area (Å²) in [4.78, 5) is 11.4. The zero-order chi connectivity index (χ0) is 13.1. The standard InChI is InChI=1S/C11H7Br2NO3S/c12-7-4-8(18-6-7)5-17-11-9(13)2-1-3-10(11)14(15)16/h1-4,6H,5H2. The summed E-state index contributed by atoms with van der Waals surface area (Å²) in [5, 5.41) is 12.8. The van der Waals surface area contributed by atoms with Crippen molar-refractivity contribution in [1.82, 2.24) is 0 Å². The predicted octanol–water partition coefficient (Wildman–Crippen LogP) is 4.76. The molecule has 0 fully saturated rings. The summed E-state index contributed by atoms with van der Waals surface area (Å²) in [5.74, 6) is 0.257. The Morgan fingerprint density at radius 1 is 1.39 bits per heavy atom. The minimum atomic E-state index is -0.454. The van der Waals surface area contributed by atoms with Crippen molar-refractivity contribution in [2.24, 2.45) is 0 Å². The first-order chi connectivity index (χ1) is 8.58. The van der Waals surface area contributed by atoms with Crippen molar-refractivity contribution in [3.63, 3.8) is 0 Å². The number of nitro benzene ring substituents is 1. The molecule has 0 saturated carbocycles. The van der Waals surface area contributed by atoms with Crippen molar-refractivity contribution in [2.75, 3.05) is 0 Å². The average molecular weight is 393 g/mol. The molecule has 0 N–H and O–H groups in total. The van der Waals surface area contributed by atoms with Gasteiger partial charge >= 0.3 is 5.69 Å². The van der Waals surface area contributed by atoms with E-state index < -0.39 is 4.92 Å². The van der Waals surface area contributed by atoms with Gasteiger partial charge in [0.05, 0.1) is 9.40 Å². The van der Waals surface area contributed by atoms with Crippen LogP contribution in [0, 0.1) is 10.1 Å². The highest BCUT2D eigenvalue weighted by Gasteiger charge is 2.18. The summed E-state index contributed by atoms with van der Waals surface area (Å²) in [5.41, 5.74) is -0.0417. The van der Waals surface area contributed by atoms with Gasteiger partial charge in [0.1, 0.15) is 6.61 Å². The molecule has 7 heteroatoms. The summed E-state index contributed by atoms with van der Waals surface area (Å²) >= 11 is 8.14. The molecule has 1 aromatic heterocycles. The van der Waals surface area contributed by atoms with E-state index >= 15 is 0 Å². The first kappa shape index (κ1) is 13.5. The molecule has 94 valence electrons. The zero-order valence-corrected chi connectivity index (χ0v) is 12.9. The lowest BCUT2D eigenvalue weighted by Crippen LogP contribution is -1.98. The van der Waals surface area contributed by atoms with Crippen LogP contribution in [0.1, 0.15) is 4.88 Å². The molecule has 2 aromatic rings. The first-order valence-electron chi connectivity index (χ1n) is 4.86. The highest BCUT2D eigenvalue weighted by Crippen LogP contribution is 2.35. The maximum Gasteiger partial charge on any atom is 0.312 e. The van der Waals surface area contributed by atoms with Crippen LogP contribution in [0.4, 0.5) is 5.69 Å². The second kappa shape index (κ2) is 5.81. The Bertz CT molecular complexity index is 585. The van der Waals surface area contributed by atoms with Crippen LogP contribution in [0.5, 0.6) is 5.75 Å². The van der Waals surface area contributed by atoms with E-state index in [0.29, 0.717) is 11.1 Å². The fraction of sp³-hybridized carbons (Fsp3) is 0.0909. The van der Waals surface area contributed by atoms with Crippen molar-refractivity contribution >= 4 is 48.9 Å². The lowest BCUT2D eigenvalue weighted by molar-refractivity contribution is -0.386. The SMILES string of the molecule is O=[N+]([O-])c1cccc(Br)c1OCc1cc(Br)cs1. The van der Waals surface area contributed by atoms with Gasteiger partial charge in [0.15, 0.2) is 0 Å². The quantitative estimate of drug-likeness (QED) is 0.556. The van der Waals surface area contributed by atoms with E-state index in [4.69, 9.17) is 4.74 Å². The molecule has 1 aromatic carbocycles. The zero-order valence-electron chi connectivity index (χ0n) is 8.93. The van der Waals surface area contributed by atoms with Gasteiger partial charge in [0, 0.05) is 20.8 Å². The van der Waals surface area contributed by atoms with Crippen LogP contribution >= 0.6 is 43.2 Å². The van der Waals surface area contributed by atoms with Gasteiger partial charge in [-0.3, -0.25) is 10.1 Å². The second-order valence-electron chi connectivity index (χ2n) is 3.37. The molecule has 0 amide bonds. The molecule has 0 aliphatic heterocycles. The van der Waals surface area contributed by atoms with Crippen LogP contribution in [0.3, 0.4) is 0 Å². The number of rotatable bonds is 4. The van der Waals surface area contributed by atoms with Crippen LogP contribution < -0.4 is 4.74 Å². The van der Waals surface area contributed by atoms with Gasteiger partial charge in [-0.2, -0.15) is 0 Å². The fourth-order valence-corrected chi connectivity index (χ4v) is 3.19. The number of hydrogen-bond donors (Lipinski definition) is 0. The molecule has 0 bridgehead atoms. The molecule has 0 spiro atoms. The minimum Gasteiger partial charge on any atom is -0.480 e. The Kier molecular flexibility index (Phi) is 4.36. The molecular weight excluding hydrogens is 386 g/mol. The number of thiophene rings is 1. The van der Waals surface area contributed by atoms with Gasteiger partial charge in [-0.1, -0.05) is 6.07 Å². The summed E-state index contributed by atoms with van der Waals surface area (Å²) in [6.07, 6.45) is 0. The van der Waals surface area contributed by atoms with Gasteiger partial charge in [-0.05, 0) is 44.0 Å². The molecule has 0 atom stereocenters. The molecule has 2 rings (SSSR count). The number of nitrogens with zero attached hydrogens (tertiary/aromatic N) is 1. The molecule has 0 aliphatic carbocycles. The van der Waals surface area contributed by atoms with Gasteiger partial charge in [0.25, 0.3) is 0 Å². The van der Waals surface area contributed by atoms with Crippen LogP contribution in [-0.2, 0) is 6.61 Å². The van der Waals surface area contributed by atoms with Crippen LogP contribution in [0.2, 0.25) is 0 Å². The first-order valence-corrected chi connectivity index (χ1v) is 7.33. The van der Waals surface area contributed by atoms with Gasteiger partial charge in [0.2, 0.25) is 5.75 Å². The van der Waals surface area contributed by atoms with Crippen molar-refractivity contribution in [3.05, 3.63) is 53.6 Å². The maximum atomic E-state index is 10.9. The van der Waals surface area contributed by atoms with E-state index in [1.807, 2.05) is 11.4 Å². The van der Waals surface area contributed by atoms with Crippen LogP contribution in [0.25, 0.3) is 0 Å². The third-order valence-electron chi connectivity index (χ3n) is 2.12. The summed E-state index contributed by atoms with van der Waals surface area (Å²) in [7, 11) is 0.